The topological polar surface area (TPSA) is 67.8 Å². The Hall–Kier alpha value is -1.93. The number of aliphatic hydroxyl groups excluding tert-OH is 1. The maximum Gasteiger partial charge on any atom is 0.498 e. The highest BCUT2D eigenvalue weighted by Crippen LogP contribution is 2.37. The van der Waals surface area contributed by atoms with E-state index in [9.17, 15) is 14.3 Å². The average molecular weight is 420 g/mol. The van der Waals surface area contributed by atoms with Crippen LogP contribution in [-0.4, -0.2) is 35.9 Å². The Morgan fingerprint density at radius 2 is 1.79 bits per heavy atom. The van der Waals surface area contributed by atoms with Crippen molar-refractivity contribution in [1.29, 1.82) is 0 Å². The molecule has 8 heteroatoms. The first-order valence-electron chi connectivity index (χ1n) is 9.37. The molecule has 1 heterocycles. The third-order valence-corrected chi connectivity index (χ3v) is 5.76. The van der Waals surface area contributed by atoms with Gasteiger partial charge in [-0.15, -0.1) is 0 Å². The van der Waals surface area contributed by atoms with Gasteiger partial charge in [0.1, 0.15) is 5.82 Å². The molecule has 1 saturated heterocycles. The molecule has 2 N–H and O–H groups in total. The molecule has 0 aromatic heterocycles. The van der Waals surface area contributed by atoms with E-state index in [1.54, 1.807) is 24.3 Å². The number of halogens is 2. The summed E-state index contributed by atoms with van der Waals surface area (Å²) >= 11 is 6.01. The minimum absolute atomic E-state index is 0.0337. The number of hydrogen-bond donors (Lipinski definition) is 2. The molecule has 1 amide bonds. The predicted molar refractivity (Wildman–Crippen MR) is 111 cm³/mol. The van der Waals surface area contributed by atoms with Gasteiger partial charge in [-0.05, 0) is 57.5 Å². The van der Waals surface area contributed by atoms with Crippen LogP contribution in [0.15, 0.2) is 42.5 Å². The summed E-state index contributed by atoms with van der Waals surface area (Å²) in [6, 6.07) is 10.3. The second kappa shape index (κ2) is 8.07. The number of aliphatic hydroxyl groups is 1. The van der Waals surface area contributed by atoms with Crippen molar-refractivity contribution in [2.24, 2.45) is 0 Å². The van der Waals surface area contributed by atoms with E-state index in [1.807, 2.05) is 27.7 Å². The van der Waals surface area contributed by atoms with E-state index in [0.717, 1.165) is 0 Å². The SMILES string of the molecule is CC1(C)OB(c2c(F)cccc2C(=O)N[C@H](CO)c2cccc(Cl)c2)OC1(C)C. The van der Waals surface area contributed by atoms with Gasteiger partial charge in [0, 0.05) is 16.0 Å². The second-order valence-electron chi connectivity index (χ2n) is 8.05. The van der Waals surface area contributed by atoms with Crippen LogP contribution in [0.5, 0.6) is 0 Å². The maximum atomic E-state index is 14.8. The molecule has 0 bridgehead atoms. The monoisotopic (exact) mass is 419 g/mol. The zero-order chi connectivity index (χ0) is 21.4. The molecule has 0 saturated carbocycles. The zero-order valence-electron chi connectivity index (χ0n) is 16.8. The molecule has 1 aliphatic rings. The number of hydrogen-bond acceptors (Lipinski definition) is 4. The molecule has 3 rings (SSSR count). The van der Waals surface area contributed by atoms with E-state index in [2.05, 4.69) is 5.32 Å². The summed E-state index contributed by atoms with van der Waals surface area (Å²) < 4.78 is 26.6. The predicted octanol–water partition coefficient (Wildman–Crippen LogP) is 3.24. The lowest BCUT2D eigenvalue weighted by Crippen LogP contribution is -2.43. The van der Waals surface area contributed by atoms with Crippen LogP contribution in [-0.2, 0) is 9.31 Å². The Morgan fingerprint density at radius 3 is 2.38 bits per heavy atom. The highest BCUT2D eigenvalue weighted by Gasteiger charge is 2.53. The van der Waals surface area contributed by atoms with Crippen molar-refractivity contribution in [2.75, 3.05) is 6.61 Å². The summed E-state index contributed by atoms with van der Waals surface area (Å²) in [6.45, 7) is 7.08. The van der Waals surface area contributed by atoms with Crippen molar-refractivity contribution < 1.29 is 23.6 Å². The molecule has 0 unspecified atom stereocenters. The highest BCUT2D eigenvalue weighted by atomic mass is 35.5. The van der Waals surface area contributed by atoms with Gasteiger partial charge in [0.05, 0.1) is 23.9 Å². The van der Waals surface area contributed by atoms with Crippen LogP contribution < -0.4 is 10.8 Å². The lowest BCUT2D eigenvalue weighted by atomic mass is 9.75. The lowest BCUT2D eigenvalue weighted by molar-refractivity contribution is 0.00578. The fourth-order valence-electron chi connectivity index (χ4n) is 3.13. The maximum absolute atomic E-state index is 14.8. The molecule has 5 nitrogen and oxygen atoms in total. The Balaban J connectivity index is 1.91. The normalized spacial score (nSPS) is 18.5. The van der Waals surface area contributed by atoms with Crippen LogP contribution in [0.2, 0.25) is 5.02 Å². The smallest absolute Gasteiger partial charge is 0.399 e. The first-order valence-corrected chi connectivity index (χ1v) is 9.75. The van der Waals surface area contributed by atoms with Crippen molar-refractivity contribution in [2.45, 2.75) is 44.9 Å². The van der Waals surface area contributed by atoms with Crippen molar-refractivity contribution >= 4 is 30.1 Å². The van der Waals surface area contributed by atoms with Crippen LogP contribution in [0.25, 0.3) is 0 Å². The number of carbonyl (C=O) groups excluding carboxylic acids is 1. The molecule has 0 radical (unpaired) electrons. The molecule has 154 valence electrons. The fourth-order valence-corrected chi connectivity index (χ4v) is 3.33. The van der Waals surface area contributed by atoms with Gasteiger partial charge in [0.25, 0.3) is 5.91 Å². The first-order chi connectivity index (χ1) is 13.6. The molecular formula is C21H24BClFNO4. The number of amides is 1. The van der Waals surface area contributed by atoms with E-state index in [4.69, 9.17) is 20.9 Å². The number of rotatable bonds is 5. The molecule has 1 atom stereocenters. The fraction of sp³-hybridized carbons (Fsp3) is 0.381. The van der Waals surface area contributed by atoms with Gasteiger partial charge in [-0.1, -0.05) is 29.8 Å². The molecule has 2 aromatic rings. The Morgan fingerprint density at radius 1 is 1.17 bits per heavy atom. The number of nitrogens with one attached hydrogen (secondary N) is 1. The number of carbonyl (C=O) groups is 1. The third-order valence-electron chi connectivity index (χ3n) is 5.53. The van der Waals surface area contributed by atoms with E-state index >= 15 is 0 Å². The molecule has 29 heavy (non-hydrogen) atoms. The first kappa shape index (κ1) is 21.8. The Kier molecular flexibility index (Phi) is 6.06. The van der Waals surface area contributed by atoms with Crippen LogP contribution in [0, 0.1) is 5.82 Å². The van der Waals surface area contributed by atoms with Gasteiger partial charge < -0.3 is 19.7 Å². The van der Waals surface area contributed by atoms with Crippen LogP contribution in [0.1, 0.15) is 49.7 Å². The summed E-state index contributed by atoms with van der Waals surface area (Å²) in [7, 11) is -1.03. The Labute approximate surface area is 175 Å². The molecule has 1 fully saturated rings. The third kappa shape index (κ3) is 4.33. The van der Waals surface area contributed by atoms with Crippen LogP contribution >= 0.6 is 11.6 Å². The molecule has 0 aliphatic carbocycles. The summed E-state index contributed by atoms with van der Waals surface area (Å²) in [5.74, 6) is -1.15. The Bertz CT molecular complexity index is 905. The van der Waals surface area contributed by atoms with Crippen molar-refractivity contribution in [3.63, 3.8) is 0 Å². The second-order valence-corrected chi connectivity index (χ2v) is 8.49. The van der Waals surface area contributed by atoms with Crippen molar-refractivity contribution in [1.82, 2.24) is 5.32 Å². The van der Waals surface area contributed by atoms with Gasteiger partial charge >= 0.3 is 7.12 Å². The summed E-state index contributed by atoms with van der Waals surface area (Å²) in [6.07, 6.45) is 0. The van der Waals surface area contributed by atoms with E-state index in [-0.39, 0.29) is 17.6 Å². The standard InChI is InChI=1S/C21H24BClFNO4/c1-20(2)21(3,4)29-22(28-20)18-15(9-6-10-16(18)24)19(27)25-17(12-26)13-7-5-8-14(23)11-13/h5-11,17,26H,12H2,1-4H3,(H,25,27)/t17-/m1/s1. The quantitative estimate of drug-likeness (QED) is 0.730. The highest BCUT2D eigenvalue weighted by molar-refractivity contribution is 6.63. The molecule has 1 aliphatic heterocycles. The van der Waals surface area contributed by atoms with Crippen LogP contribution in [0.4, 0.5) is 4.39 Å². The molecular weight excluding hydrogens is 395 g/mol. The molecule has 0 spiro atoms. The summed E-state index contributed by atoms with van der Waals surface area (Å²) in [5, 5.41) is 13.0. The summed E-state index contributed by atoms with van der Waals surface area (Å²) in [4.78, 5) is 13.0. The van der Waals surface area contributed by atoms with Gasteiger partial charge in [-0.2, -0.15) is 0 Å². The summed E-state index contributed by atoms with van der Waals surface area (Å²) in [5.41, 5.74) is -0.595. The van der Waals surface area contributed by atoms with Gasteiger partial charge in [0.2, 0.25) is 0 Å². The number of benzene rings is 2. The van der Waals surface area contributed by atoms with E-state index in [1.165, 1.54) is 18.2 Å². The van der Waals surface area contributed by atoms with Gasteiger partial charge in [0.15, 0.2) is 0 Å². The van der Waals surface area contributed by atoms with E-state index < -0.39 is 36.1 Å². The van der Waals surface area contributed by atoms with Crippen molar-refractivity contribution in [3.05, 3.63) is 64.4 Å². The van der Waals surface area contributed by atoms with E-state index in [0.29, 0.717) is 10.6 Å². The largest absolute Gasteiger partial charge is 0.498 e. The average Bonchev–Trinajstić information content (AvgIpc) is 2.86. The minimum Gasteiger partial charge on any atom is -0.399 e. The zero-order valence-corrected chi connectivity index (χ0v) is 17.6. The van der Waals surface area contributed by atoms with Crippen molar-refractivity contribution in [3.8, 4) is 0 Å². The lowest BCUT2D eigenvalue weighted by Gasteiger charge is -2.32. The molecule has 2 aromatic carbocycles. The minimum atomic E-state index is -1.03. The van der Waals surface area contributed by atoms with Gasteiger partial charge in [-0.3, -0.25) is 4.79 Å². The van der Waals surface area contributed by atoms with Crippen LogP contribution in [0.3, 0.4) is 0 Å². The van der Waals surface area contributed by atoms with Gasteiger partial charge in [-0.25, -0.2) is 4.39 Å².